The number of aliphatic hydroxyl groups is 2. The molecule has 0 heterocycles. The van der Waals surface area contributed by atoms with Gasteiger partial charge in [0.2, 0.25) is 5.91 Å². The third-order valence-electron chi connectivity index (χ3n) is 13.6. The fourth-order valence-corrected chi connectivity index (χ4v) is 9.02. The summed E-state index contributed by atoms with van der Waals surface area (Å²) in [5, 5.41) is 23.2. The molecule has 67 heavy (non-hydrogen) atoms. The summed E-state index contributed by atoms with van der Waals surface area (Å²) in [4.78, 5) is 24.5. The highest BCUT2D eigenvalue weighted by atomic mass is 16.5. The van der Waals surface area contributed by atoms with Crippen LogP contribution in [0.4, 0.5) is 0 Å². The van der Waals surface area contributed by atoms with Gasteiger partial charge < -0.3 is 20.3 Å². The molecule has 0 saturated heterocycles. The van der Waals surface area contributed by atoms with Crippen LogP contribution in [0.5, 0.6) is 0 Å². The number of carbonyl (C=O) groups excluding carboxylic acids is 2. The van der Waals surface area contributed by atoms with Crippen LogP contribution in [0.25, 0.3) is 0 Å². The summed E-state index contributed by atoms with van der Waals surface area (Å²) >= 11 is 0. The molecule has 0 bridgehead atoms. The fraction of sp³-hybridized carbons (Fsp3) is 0.869. The molecular weight excluding hydrogens is 827 g/mol. The van der Waals surface area contributed by atoms with Crippen molar-refractivity contribution in [3.8, 4) is 0 Å². The Morgan fingerprint density at radius 2 is 0.716 bits per heavy atom. The van der Waals surface area contributed by atoms with Gasteiger partial charge in [0.25, 0.3) is 0 Å². The maximum absolute atomic E-state index is 12.5. The molecule has 3 N–H and O–H groups in total. The third kappa shape index (κ3) is 53.3. The van der Waals surface area contributed by atoms with Crippen molar-refractivity contribution in [1.82, 2.24) is 5.32 Å². The Kier molecular flexibility index (Phi) is 55.0. The lowest BCUT2D eigenvalue weighted by Crippen LogP contribution is -2.45. The molecule has 0 fully saturated rings. The zero-order valence-electron chi connectivity index (χ0n) is 44.9. The van der Waals surface area contributed by atoms with Gasteiger partial charge in [0.15, 0.2) is 0 Å². The fourth-order valence-electron chi connectivity index (χ4n) is 9.02. The molecule has 0 saturated carbocycles. The summed E-state index contributed by atoms with van der Waals surface area (Å²) < 4.78 is 5.45. The minimum Gasteiger partial charge on any atom is -0.466 e. The summed E-state index contributed by atoms with van der Waals surface area (Å²) in [6.07, 6.45) is 70.3. The van der Waals surface area contributed by atoms with E-state index >= 15 is 0 Å². The van der Waals surface area contributed by atoms with Crippen molar-refractivity contribution in [1.29, 1.82) is 0 Å². The number of amides is 1. The molecule has 1 amide bonds. The molecule has 2 atom stereocenters. The van der Waals surface area contributed by atoms with Gasteiger partial charge in [0.05, 0.1) is 25.4 Å². The lowest BCUT2D eigenvalue weighted by atomic mass is 10.0. The number of ether oxygens (including phenoxy) is 1. The van der Waals surface area contributed by atoms with E-state index in [0.29, 0.717) is 19.4 Å². The van der Waals surface area contributed by atoms with Gasteiger partial charge in [-0.05, 0) is 77.0 Å². The Morgan fingerprint density at radius 3 is 1.10 bits per heavy atom. The predicted molar refractivity (Wildman–Crippen MR) is 292 cm³/mol. The maximum atomic E-state index is 12.5. The van der Waals surface area contributed by atoms with Gasteiger partial charge in [-0.25, -0.2) is 0 Å². The van der Waals surface area contributed by atoms with E-state index in [2.05, 4.69) is 43.5 Å². The van der Waals surface area contributed by atoms with Crippen LogP contribution in [-0.2, 0) is 14.3 Å². The first kappa shape index (κ1) is 65.1. The van der Waals surface area contributed by atoms with Crippen molar-refractivity contribution in [2.24, 2.45) is 0 Å². The highest BCUT2D eigenvalue weighted by Crippen LogP contribution is 2.17. The Balaban J connectivity index is 3.48. The van der Waals surface area contributed by atoms with Crippen LogP contribution in [0.1, 0.15) is 316 Å². The van der Waals surface area contributed by atoms with Crippen LogP contribution >= 0.6 is 0 Å². The summed E-state index contributed by atoms with van der Waals surface area (Å²) in [6, 6.07) is -0.635. The van der Waals surface area contributed by atoms with Crippen LogP contribution in [-0.4, -0.2) is 47.4 Å². The normalized spacial score (nSPS) is 12.8. The van der Waals surface area contributed by atoms with Crippen molar-refractivity contribution < 1.29 is 24.5 Å². The number of unbranched alkanes of at least 4 members (excludes halogenated alkanes) is 40. The number of rotatable bonds is 55. The molecule has 0 aliphatic carbocycles. The quantitative estimate of drug-likeness (QED) is 0.0321. The molecule has 6 heteroatoms. The molecule has 0 radical (unpaired) electrons. The predicted octanol–water partition coefficient (Wildman–Crippen LogP) is 18.4. The monoisotopic (exact) mass is 942 g/mol. The number of hydrogen-bond acceptors (Lipinski definition) is 5. The largest absolute Gasteiger partial charge is 0.466 e. The molecule has 0 rings (SSSR count). The van der Waals surface area contributed by atoms with Gasteiger partial charge in [0, 0.05) is 12.8 Å². The number of allylic oxidation sites excluding steroid dienone is 5. The van der Waals surface area contributed by atoms with Crippen LogP contribution < -0.4 is 5.32 Å². The first-order chi connectivity index (χ1) is 33.0. The van der Waals surface area contributed by atoms with E-state index in [1.54, 1.807) is 6.08 Å². The number of hydrogen-bond donors (Lipinski definition) is 3. The van der Waals surface area contributed by atoms with E-state index in [4.69, 9.17) is 4.74 Å². The average Bonchev–Trinajstić information content (AvgIpc) is 3.33. The van der Waals surface area contributed by atoms with Gasteiger partial charge >= 0.3 is 5.97 Å². The smallest absolute Gasteiger partial charge is 0.305 e. The second kappa shape index (κ2) is 56.7. The van der Waals surface area contributed by atoms with E-state index in [-0.39, 0.29) is 18.5 Å². The SMILES string of the molecule is CCCC/C=C\CCCCCCCC(=O)OCCCCCCCCCCC/C=C\CCCCCCCCCC(=O)NC(CO)C(O)/C=C/CCCCCCCCCCCCCCCCCCC. The summed E-state index contributed by atoms with van der Waals surface area (Å²) in [5.74, 6) is -0.0807. The molecular formula is C61H115NO5. The zero-order valence-corrected chi connectivity index (χ0v) is 44.9. The van der Waals surface area contributed by atoms with E-state index in [9.17, 15) is 19.8 Å². The molecule has 0 aliphatic heterocycles. The number of nitrogens with one attached hydrogen (secondary N) is 1. The van der Waals surface area contributed by atoms with Crippen LogP contribution in [0.15, 0.2) is 36.5 Å². The van der Waals surface area contributed by atoms with Gasteiger partial charge in [0.1, 0.15) is 0 Å². The number of esters is 1. The summed E-state index contributed by atoms with van der Waals surface area (Å²) in [5.41, 5.74) is 0. The lowest BCUT2D eigenvalue weighted by Gasteiger charge is -2.20. The summed E-state index contributed by atoms with van der Waals surface area (Å²) in [6.45, 7) is 4.87. The molecule has 0 aromatic heterocycles. The maximum Gasteiger partial charge on any atom is 0.305 e. The molecule has 394 valence electrons. The molecule has 0 aromatic carbocycles. The summed E-state index contributed by atoms with van der Waals surface area (Å²) in [7, 11) is 0. The minimum absolute atomic E-state index is 0.00569. The standard InChI is InChI=1S/C61H115NO5/c1-3-5-7-9-11-13-15-16-17-18-21-24-27-30-34-37-41-45-49-53-59(64)58(57-63)62-60(65)54-50-46-42-38-35-31-28-25-22-19-20-23-26-29-32-36-40-44-48-52-56-67-61(66)55-51-47-43-39-33-14-12-10-8-6-4-2/h10,12,19,22,49,53,58-59,63-64H,3-9,11,13-18,20-21,23-48,50-52,54-57H2,1-2H3,(H,62,65)/b12-10-,22-19-,53-49+. The van der Waals surface area contributed by atoms with Crippen molar-refractivity contribution in [2.45, 2.75) is 328 Å². The average molecular weight is 943 g/mol. The van der Waals surface area contributed by atoms with E-state index in [1.807, 2.05) is 6.08 Å². The topological polar surface area (TPSA) is 95.9 Å². The number of carbonyl (C=O) groups is 2. The molecule has 0 aliphatic rings. The van der Waals surface area contributed by atoms with Crippen LogP contribution in [0.3, 0.4) is 0 Å². The molecule has 0 spiro atoms. The first-order valence-electron chi connectivity index (χ1n) is 29.8. The van der Waals surface area contributed by atoms with E-state index < -0.39 is 12.1 Å². The van der Waals surface area contributed by atoms with Crippen molar-refractivity contribution in [3.63, 3.8) is 0 Å². The Bertz CT molecular complexity index is 1090. The number of aliphatic hydroxyl groups excluding tert-OH is 2. The van der Waals surface area contributed by atoms with E-state index in [0.717, 1.165) is 51.4 Å². The van der Waals surface area contributed by atoms with Crippen molar-refractivity contribution in [2.75, 3.05) is 13.2 Å². The van der Waals surface area contributed by atoms with Gasteiger partial charge in [-0.1, -0.05) is 262 Å². The van der Waals surface area contributed by atoms with E-state index in [1.165, 1.54) is 238 Å². The molecule has 2 unspecified atom stereocenters. The second-order valence-electron chi connectivity index (χ2n) is 20.3. The Labute approximate surface area is 417 Å². The van der Waals surface area contributed by atoms with Gasteiger partial charge in [-0.3, -0.25) is 9.59 Å². The minimum atomic E-state index is -0.851. The third-order valence-corrected chi connectivity index (χ3v) is 13.6. The molecule has 6 nitrogen and oxygen atoms in total. The highest BCUT2D eigenvalue weighted by Gasteiger charge is 2.18. The van der Waals surface area contributed by atoms with Gasteiger partial charge in [-0.2, -0.15) is 0 Å². The van der Waals surface area contributed by atoms with Gasteiger partial charge in [-0.15, -0.1) is 0 Å². The Hall–Kier alpha value is -1.92. The highest BCUT2D eigenvalue weighted by molar-refractivity contribution is 5.76. The Morgan fingerprint density at radius 1 is 0.403 bits per heavy atom. The first-order valence-corrected chi connectivity index (χ1v) is 29.8. The zero-order chi connectivity index (χ0) is 48.6. The molecule has 0 aromatic rings. The second-order valence-corrected chi connectivity index (χ2v) is 20.3. The van der Waals surface area contributed by atoms with Crippen LogP contribution in [0, 0.1) is 0 Å². The van der Waals surface area contributed by atoms with Crippen LogP contribution in [0.2, 0.25) is 0 Å². The lowest BCUT2D eigenvalue weighted by molar-refractivity contribution is -0.143. The van der Waals surface area contributed by atoms with Crippen molar-refractivity contribution in [3.05, 3.63) is 36.5 Å². The van der Waals surface area contributed by atoms with Crippen molar-refractivity contribution >= 4 is 11.9 Å².